The van der Waals surface area contributed by atoms with E-state index in [-0.39, 0.29) is 10.3 Å². The molecule has 0 saturated heterocycles. The molecule has 0 spiro atoms. The first-order valence-electron chi connectivity index (χ1n) is 11.1. The van der Waals surface area contributed by atoms with Gasteiger partial charge in [-0.25, -0.2) is 8.42 Å². The van der Waals surface area contributed by atoms with Crippen LogP contribution in [-0.4, -0.2) is 13.5 Å². The van der Waals surface area contributed by atoms with E-state index in [0.717, 1.165) is 43.4 Å². The first-order valence-corrected chi connectivity index (χ1v) is 12.6. The lowest BCUT2D eigenvalue weighted by Crippen LogP contribution is -2.46. The summed E-state index contributed by atoms with van der Waals surface area (Å²) >= 11 is 0. The van der Waals surface area contributed by atoms with Crippen LogP contribution in [0.25, 0.3) is 0 Å². The topological polar surface area (TPSA) is 78.4 Å². The van der Waals surface area contributed by atoms with Gasteiger partial charge in [0.25, 0.3) is 10.0 Å². The third-order valence-corrected chi connectivity index (χ3v) is 9.21. The summed E-state index contributed by atoms with van der Waals surface area (Å²) in [7, 11) is -3.62. The van der Waals surface area contributed by atoms with Crippen LogP contribution in [0, 0.1) is 24.2 Å². The van der Waals surface area contributed by atoms with Crippen LogP contribution in [-0.2, 0) is 16.4 Å². The predicted octanol–water partition coefficient (Wildman–Crippen LogP) is 4.53. The standard InChI is InChI=1S/C25H30N2O3S/c1-16-3-7-19(8-4-16)31(29,30)27-26-24-12-11-23-22-9-5-17-15-18(28)6-10-20(17)21(22)13-14-25(23,24)2/h3-4,6-8,10,12,15,21-23,26-28H,5,9,11,13-14H2,1-2H3/t21?,22?,23?,25-/m0/s1. The Morgan fingerprint density at radius 3 is 2.65 bits per heavy atom. The number of benzene rings is 2. The minimum atomic E-state index is -3.62. The molecule has 3 aliphatic rings. The van der Waals surface area contributed by atoms with Gasteiger partial charge in [-0.05, 0) is 92.2 Å². The number of hydrogen-bond acceptors (Lipinski definition) is 4. The number of allylic oxidation sites excluding steroid dienone is 2. The van der Waals surface area contributed by atoms with Crippen molar-refractivity contribution in [3.63, 3.8) is 0 Å². The lowest BCUT2D eigenvalue weighted by atomic mass is 9.55. The van der Waals surface area contributed by atoms with E-state index in [4.69, 9.17) is 0 Å². The maximum absolute atomic E-state index is 12.7. The predicted molar refractivity (Wildman–Crippen MR) is 121 cm³/mol. The van der Waals surface area contributed by atoms with Crippen molar-refractivity contribution in [1.82, 2.24) is 10.3 Å². The molecule has 1 saturated carbocycles. The van der Waals surface area contributed by atoms with Crippen molar-refractivity contribution in [3.8, 4) is 5.75 Å². The van der Waals surface area contributed by atoms with Crippen LogP contribution in [0.3, 0.4) is 0 Å². The summed E-state index contributed by atoms with van der Waals surface area (Å²) in [6.07, 6.45) is 7.39. The highest BCUT2D eigenvalue weighted by Gasteiger charge is 2.52. The lowest BCUT2D eigenvalue weighted by Gasteiger charge is -2.50. The molecule has 6 heteroatoms. The van der Waals surface area contributed by atoms with Crippen LogP contribution in [0.2, 0.25) is 0 Å². The lowest BCUT2D eigenvalue weighted by molar-refractivity contribution is 0.0704. The van der Waals surface area contributed by atoms with Gasteiger partial charge in [0, 0.05) is 11.1 Å². The van der Waals surface area contributed by atoms with E-state index in [1.54, 1.807) is 12.1 Å². The highest BCUT2D eigenvalue weighted by Crippen LogP contribution is 2.60. The molecular formula is C25H30N2O3S. The second kappa shape index (κ2) is 7.38. The van der Waals surface area contributed by atoms with Gasteiger partial charge in [-0.2, -0.15) is 0 Å². The zero-order chi connectivity index (χ0) is 21.8. The van der Waals surface area contributed by atoms with Crippen LogP contribution in [0.5, 0.6) is 5.75 Å². The smallest absolute Gasteiger partial charge is 0.257 e. The SMILES string of the molecule is Cc1ccc(S(=O)(=O)NNC2=CCC3C4CCc5cc(O)ccc5C4CC[C@]23C)cc1. The highest BCUT2D eigenvalue weighted by molar-refractivity contribution is 7.89. The number of nitrogens with one attached hydrogen (secondary N) is 2. The summed E-state index contributed by atoms with van der Waals surface area (Å²) in [5, 5.41) is 9.86. The van der Waals surface area contributed by atoms with Gasteiger partial charge in [-0.3, -0.25) is 0 Å². The Bertz CT molecular complexity index is 1140. The van der Waals surface area contributed by atoms with Crippen LogP contribution in [0.15, 0.2) is 59.1 Å². The Balaban J connectivity index is 1.32. The summed E-state index contributed by atoms with van der Waals surface area (Å²) in [4.78, 5) is 2.88. The highest BCUT2D eigenvalue weighted by atomic mass is 32.2. The van der Waals surface area contributed by atoms with Crippen molar-refractivity contribution in [1.29, 1.82) is 0 Å². The average molecular weight is 439 g/mol. The van der Waals surface area contributed by atoms with E-state index >= 15 is 0 Å². The van der Waals surface area contributed by atoms with Crippen molar-refractivity contribution in [2.75, 3.05) is 0 Å². The minimum Gasteiger partial charge on any atom is -0.508 e. The summed E-state index contributed by atoms with van der Waals surface area (Å²) in [6.45, 7) is 4.22. The van der Waals surface area contributed by atoms with Crippen molar-refractivity contribution < 1.29 is 13.5 Å². The van der Waals surface area contributed by atoms with Gasteiger partial charge in [-0.15, -0.1) is 4.83 Å². The molecule has 3 aliphatic carbocycles. The Hall–Kier alpha value is -2.31. The molecule has 164 valence electrons. The number of sulfonamides is 1. The van der Waals surface area contributed by atoms with Gasteiger partial charge < -0.3 is 10.5 Å². The molecule has 4 atom stereocenters. The number of phenols is 1. The monoisotopic (exact) mass is 438 g/mol. The van der Waals surface area contributed by atoms with Crippen LogP contribution >= 0.6 is 0 Å². The third kappa shape index (κ3) is 3.46. The van der Waals surface area contributed by atoms with Crippen molar-refractivity contribution in [2.24, 2.45) is 17.3 Å². The van der Waals surface area contributed by atoms with Crippen molar-refractivity contribution >= 4 is 10.0 Å². The largest absolute Gasteiger partial charge is 0.508 e. The molecule has 0 radical (unpaired) electrons. The number of aryl methyl sites for hydroxylation is 2. The summed E-state index contributed by atoms with van der Waals surface area (Å²) in [5.74, 6) is 1.96. The first-order chi connectivity index (χ1) is 14.8. The third-order valence-electron chi connectivity index (χ3n) is 7.94. The van der Waals surface area contributed by atoms with Crippen LogP contribution in [0.1, 0.15) is 55.2 Å². The Morgan fingerprint density at radius 1 is 1.10 bits per heavy atom. The summed E-state index contributed by atoms with van der Waals surface area (Å²) in [5.41, 5.74) is 7.76. The summed E-state index contributed by atoms with van der Waals surface area (Å²) in [6, 6.07) is 12.7. The number of rotatable bonds is 4. The molecule has 2 aromatic rings. The van der Waals surface area contributed by atoms with Crippen molar-refractivity contribution in [3.05, 3.63) is 70.9 Å². The number of hydrogen-bond donors (Lipinski definition) is 3. The van der Waals surface area contributed by atoms with Gasteiger partial charge in [-0.1, -0.05) is 36.8 Å². The normalized spacial score (nSPS) is 29.5. The van der Waals surface area contributed by atoms with Crippen LogP contribution < -0.4 is 10.3 Å². The minimum absolute atomic E-state index is 0.0502. The van der Waals surface area contributed by atoms with E-state index in [9.17, 15) is 13.5 Å². The maximum atomic E-state index is 12.7. The van der Waals surface area contributed by atoms with Gasteiger partial charge in [0.05, 0.1) is 4.90 Å². The number of aromatic hydroxyl groups is 1. The number of hydrazine groups is 1. The number of phenolic OH excluding ortho intramolecular Hbond substituents is 1. The Kier molecular flexibility index (Phi) is 4.90. The number of fused-ring (bicyclic) bond motifs is 5. The molecule has 5 rings (SSSR count). The molecule has 0 amide bonds. The van der Waals surface area contributed by atoms with E-state index in [2.05, 4.69) is 29.3 Å². The second-order valence-electron chi connectivity index (χ2n) is 9.65. The molecule has 2 aromatic carbocycles. The van der Waals surface area contributed by atoms with Crippen LogP contribution in [0.4, 0.5) is 0 Å². The van der Waals surface area contributed by atoms with Gasteiger partial charge in [0.15, 0.2) is 0 Å². The fourth-order valence-corrected chi connectivity index (χ4v) is 7.08. The molecule has 3 N–H and O–H groups in total. The van der Waals surface area contributed by atoms with E-state index in [0.29, 0.717) is 23.5 Å². The summed E-state index contributed by atoms with van der Waals surface area (Å²) < 4.78 is 25.5. The van der Waals surface area contributed by atoms with E-state index in [1.807, 2.05) is 31.2 Å². The second-order valence-corrected chi connectivity index (χ2v) is 11.3. The van der Waals surface area contributed by atoms with Gasteiger partial charge in [0.2, 0.25) is 0 Å². The Morgan fingerprint density at radius 2 is 1.87 bits per heavy atom. The fourth-order valence-electron chi connectivity index (χ4n) is 6.23. The zero-order valence-electron chi connectivity index (χ0n) is 18.1. The quantitative estimate of drug-likeness (QED) is 0.613. The molecule has 5 nitrogen and oxygen atoms in total. The molecule has 0 bridgehead atoms. The molecule has 0 aliphatic heterocycles. The maximum Gasteiger partial charge on any atom is 0.257 e. The molecule has 3 unspecified atom stereocenters. The molecular weight excluding hydrogens is 408 g/mol. The first kappa shape index (κ1) is 20.6. The zero-order valence-corrected chi connectivity index (χ0v) is 18.9. The average Bonchev–Trinajstić information content (AvgIpc) is 3.08. The fraction of sp³-hybridized carbons (Fsp3) is 0.440. The van der Waals surface area contributed by atoms with E-state index in [1.165, 1.54) is 11.1 Å². The molecule has 0 heterocycles. The van der Waals surface area contributed by atoms with E-state index < -0.39 is 10.0 Å². The molecule has 1 fully saturated rings. The Labute approximate surface area is 184 Å². The van der Waals surface area contributed by atoms with Crippen molar-refractivity contribution in [2.45, 2.75) is 56.8 Å². The molecule has 0 aromatic heterocycles. The van der Waals surface area contributed by atoms with Gasteiger partial charge in [0.1, 0.15) is 5.75 Å². The molecule has 31 heavy (non-hydrogen) atoms. The van der Waals surface area contributed by atoms with Gasteiger partial charge >= 0.3 is 0 Å².